The number of carbonyl (C=O) groups is 1. The lowest BCUT2D eigenvalue weighted by molar-refractivity contribution is 0.0765. The van der Waals surface area contributed by atoms with Crippen molar-refractivity contribution in [1.82, 2.24) is 15.1 Å². The first-order chi connectivity index (χ1) is 8.63. The Morgan fingerprint density at radius 1 is 1.67 bits per heavy atom. The molecule has 1 aromatic rings. The van der Waals surface area contributed by atoms with Gasteiger partial charge in [-0.1, -0.05) is 6.08 Å². The smallest absolute Gasteiger partial charge is 0.259 e. The van der Waals surface area contributed by atoms with Crippen molar-refractivity contribution in [3.8, 4) is 0 Å². The van der Waals surface area contributed by atoms with E-state index in [1.54, 1.807) is 18.9 Å². The van der Waals surface area contributed by atoms with Gasteiger partial charge in [0.25, 0.3) is 5.91 Å². The molecule has 1 amide bonds. The summed E-state index contributed by atoms with van der Waals surface area (Å²) < 4.78 is 5.08. The summed E-state index contributed by atoms with van der Waals surface area (Å²) in [5.74, 6) is 0.204. The van der Waals surface area contributed by atoms with Gasteiger partial charge >= 0.3 is 0 Å². The number of ether oxygens (including phenoxy) is 1. The molecule has 0 fully saturated rings. The van der Waals surface area contributed by atoms with Crippen LogP contribution in [0.3, 0.4) is 0 Å². The van der Waals surface area contributed by atoms with Gasteiger partial charge in [-0.3, -0.25) is 9.89 Å². The van der Waals surface area contributed by atoms with E-state index in [-0.39, 0.29) is 11.7 Å². The van der Waals surface area contributed by atoms with Gasteiger partial charge in [-0.05, 0) is 18.9 Å². The van der Waals surface area contributed by atoms with Gasteiger partial charge in [0.15, 0.2) is 5.82 Å². The third-order valence-electron chi connectivity index (χ3n) is 3.11. The zero-order valence-corrected chi connectivity index (χ0v) is 10.7. The number of nitrogens with zero attached hydrogens (tertiary/aromatic N) is 2. The van der Waals surface area contributed by atoms with Gasteiger partial charge < -0.3 is 15.4 Å². The predicted molar refractivity (Wildman–Crippen MR) is 68.2 cm³/mol. The molecule has 3 N–H and O–H groups in total. The van der Waals surface area contributed by atoms with Crippen molar-refractivity contribution in [1.29, 1.82) is 0 Å². The van der Waals surface area contributed by atoms with Gasteiger partial charge in [0.2, 0.25) is 0 Å². The molecule has 0 atom stereocenters. The highest BCUT2D eigenvalue weighted by atomic mass is 16.5. The summed E-state index contributed by atoms with van der Waals surface area (Å²) in [6.07, 6.45) is 2.88. The normalized spacial score (nSPS) is 15.7. The number of aromatic nitrogens is 2. The fourth-order valence-corrected chi connectivity index (χ4v) is 2.09. The van der Waals surface area contributed by atoms with Gasteiger partial charge in [-0.2, -0.15) is 5.10 Å². The molecule has 0 saturated carbocycles. The zero-order chi connectivity index (χ0) is 13.1. The number of nitrogens with one attached hydrogen (secondary N) is 1. The molecular formula is C12H18N4O2. The number of hydrogen-bond acceptors (Lipinski definition) is 4. The predicted octanol–water partition coefficient (Wildman–Crippen LogP) is 0.719. The fourth-order valence-electron chi connectivity index (χ4n) is 2.09. The maximum Gasteiger partial charge on any atom is 0.259 e. The molecule has 0 unspecified atom stereocenters. The summed E-state index contributed by atoms with van der Waals surface area (Å²) in [4.78, 5) is 14.1. The minimum atomic E-state index is -0.0635. The number of nitrogen functional groups attached to an aromatic ring is 1. The molecule has 98 valence electrons. The minimum absolute atomic E-state index is 0.0635. The highest BCUT2D eigenvalue weighted by molar-refractivity contribution is 5.99. The van der Waals surface area contributed by atoms with E-state index in [1.165, 1.54) is 5.57 Å². The zero-order valence-electron chi connectivity index (χ0n) is 10.7. The third-order valence-corrected chi connectivity index (χ3v) is 3.11. The maximum atomic E-state index is 12.3. The molecule has 0 radical (unpaired) electrons. The molecule has 0 aliphatic carbocycles. The molecule has 6 nitrogen and oxygen atoms in total. The first-order valence-electron chi connectivity index (χ1n) is 5.90. The number of aryl methyl sites for hydroxylation is 1. The van der Waals surface area contributed by atoms with Gasteiger partial charge in [-0.25, -0.2) is 0 Å². The van der Waals surface area contributed by atoms with E-state index in [2.05, 4.69) is 10.2 Å². The Morgan fingerprint density at radius 3 is 2.94 bits per heavy atom. The highest BCUT2D eigenvalue weighted by Gasteiger charge is 2.23. The van der Waals surface area contributed by atoms with E-state index < -0.39 is 0 Å². The number of methoxy groups -OCH3 is 1. The van der Waals surface area contributed by atoms with Gasteiger partial charge in [0, 0.05) is 25.9 Å². The number of H-pyrrole nitrogens is 1. The number of aromatic amines is 1. The lowest BCUT2D eigenvalue weighted by atomic mass is 10.1. The van der Waals surface area contributed by atoms with Gasteiger partial charge in [0.05, 0.1) is 6.61 Å². The van der Waals surface area contributed by atoms with Crippen LogP contribution in [0.2, 0.25) is 0 Å². The first-order valence-corrected chi connectivity index (χ1v) is 5.90. The largest absolute Gasteiger partial charge is 0.382 e. The fraction of sp³-hybridized carbons (Fsp3) is 0.500. The summed E-state index contributed by atoms with van der Waals surface area (Å²) in [6, 6.07) is 0. The average Bonchev–Trinajstić information content (AvgIpc) is 2.70. The van der Waals surface area contributed by atoms with Crippen LogP contribution in [0.25, 0.3) is 0 Å². The standard InChI is InChI=1S/C12H18N4O2/c1-8-10(11(13)15-14-8)12(17)16-5-3-9(4-6-16)7-18-2/h3H,4-7H2,1-2H3,(H3,13,14,15). The van der Waals surface area contributed by atoms with E-state index in [1.807, 2.05) is 6.08 Å². The summed E-state index contributed by atoms with van der Waals surface area (Å²) in [5, 5.41) is 6.57. The topological polar surface area (TPSA) is 84.2 Å². The van der Waals surface area contributed by atoms with E-state index in [9.17, 15) is 4.79 Å². The summed E-state index contributed by atoms with van der Waals surface area (Å²) in [7, 11) is 1.67. The van der Waals surface area contributed by atoms with Gasteiger partial charge in [0.1, 0.15) is 5.56 Å². The van der Waals surface area contributed by atoms with Crippen molar-refractivity contribution in [2.24, 2.45) is 0 Å². The molecular weight excluding hydrogens is 232 g/mol. The van der Waals surface area contributed by atoms with Crippen LogP contribution >= 0.6 is 0 Å². The molecule has 1 aliphatic heterocycles. The molecule has 0 saturated heterocycles. The van der Waals surface area contributed by atoms with Crippen molar-refractivity contribution >= 4 is 11.7 Å². The van der Waals surface area contributed by atoms with Crippen LogP contribution in [-0.4, -0.2) is 47.8 Å². The van der Waals surface area contributed by atoms with Crippen LogP contribution < -0.4 is 5.73 Å². The number of carbonyl (C=O) groups excluding carboxylic acids is 1. The molecule has 1 aromatic heterocycles. The second-order valence-electron chi connectivity index (χ2n) is 4.41. The van der Waals surface area contributed by atoms with Crippen LogP contribution in [0.15, 0.2) is 11.6 Å². The minimum Gasteiger partial charge on any atom is -0.382 e. The second-order valence-corrected chi connectivity index (χ2v) is 4.41. The quantitative estimate of drug-likeness (QED) is 0.774. The Morgan fingerprint density at radius 2 is 2.44 bits per heavy atom. The molecule has 18 heavy (non-hydrogen) atoms. The highest BCUT2D eigenvalue weighted by Crippen LogP contribution is 2.18. The molecule has 1 aliphatic rings. The maximum absolute atomic E-state index is 12.3. The lowest BCUT2D eigenvalue weighted by Gasteiger charge is -2.26. The lowest BCUT2D eigenvalue weighted by Crippen LogP contribution is -2.35. The van der Waals surface area contributed by atoms with Crippen LogP contribution in [0.5, 0.6) is 0 Å². The Kier molecular flexibility index (Phi) is 3.66. The summed E-state index contributed by atoms with van der Waals surface area (Å²) in [6.45, 7) is 3.72. The van der Waals surface area contributed by atoms with Crippen molar-refractivity contribution < 1.29 is 9.53 Å². The van der Waals surface area contributed by atoms with Crippen molar-refractivity contribution in [2.75, 3.05) is 32.5 Å². The van der Waals surface area contributed by atoms with E-state index in [4.69, 9.17) is 10.5 Å². The van der Waals surface area contributed by atoms with Crippen LogP contribution in [0.1, 0.15) is 22.5 Å². The van der Waals surface area contributed by atoms with Gasteiger partial charge in [-0.15, -0.1) is 0 Å². The van der Waals surface area contributed by atoms with Crippen LogP contribution in [0.4, 0.5) is 5.82 Å². The number of hydrogen-bond donors (Lipinski definition) is 2. The Balaban J connectivity index is 2.09. The Hall–Kier alpha value is -1.82. The van der Waals surface area contributed by atoms with E-state index in [0.717, 1.165) is 6.42 Å². The van der Waals surface area contributed by atoms with Crippen LogP contribution in [-0.2, 0) is 4.74 Å². The van der Waals surface area contributed by atoms with Crippen molar-refractivity contribution in [3.63, 3.8) is 0 Å². The molecule has 0 bridgehead atoms. The summed E-state index contributed by atoms with van der Waals surface area (Å²) in [5.41, 5.74) is 8.13. The molecule has 2 heterocycles. The molecule has 6 heteroatoms. The summed E-state index contributed by atoms with van der Waals surface area (Å²) >= 11 is 0. The SMILES string of the molecule is COCC1=CCN(C(=O)c2c(N)n[nH]c2C)CC1. The molecule has 0 spiro atoms. The molecule has 2 rings (SSSR count). The van der Waals surface area contributed by atoms with Crippen molar-refractivity contribution in [2.45, 2.75) is 13.3 Å². The average molecular weight is 250 g/mol. The number of nitrogens with two attached hydrogens (primary N) is 1. The van der Waals surface area contributed by atoms with Crippen molar-refractivity contribution in [3.05, 3.63) is 22.9 Å². The van der Waals surface area contributed by atoms with E-state index >= 15 is 0 Å². The van der Waals surface area contributed by atoms with E-state index in [0.29, 0.717) is 31.0 Å². The Bertz CT molecular complexity index is 459. The second kappa shape index (κ2) is 5.22. The Labute approximate surface area is 106 Å². The van der Waals surface area contributed by atoms with Crippen LogP contribution in [0, 0.1) is 6.92 Å². The number of amides is 1. The molecule has 0 aromatic carbocycles. The number of rotatable bonds is 3. The first kappa shape index (κ1) is 12.6. The third kappa shape index (κ3) is 2.38. The monoisotopic (exact) mass is 250 g/mol. The number of anilines is 1.